The lowest BCUT2D eigenvalue weighted by molar-refractivity contribution is 0.0946. The van der Waals surface area contributed by atoms with Gasteiger partial charge in [0.15, 0.2) is 11.5 Å². The van der Waals surface area contributed by atoms with Gasteiger partial charge in [0.2, 0.25) is 6.79 Å². The smallest absolute Gasteiger partial charge is 0.251 e. The maximum atomic E-state index is 12.4. The van der Waals surface area contributed by atoms with Gasteiger partial charge in [-0.1, -0.05) is 35.9 Å². The number of carbonyl (C=O) groups excluding carboxylic acids is 1. The Kier molecular flexibility index (Phi) is 6.03. The Morgan fingerprint density at radius 3 is 2.67 bits per heavy atom. The fourth-order valence-electron chi connectivity index (χ4n) is 3.10. The highest BCUT2D eigenvalue weighted by Gasteiger charge is 2.13. The highest BCUT2D eigenvalue weighted by Crippen LogP contribution is 2.35. The first-order valence-corrected chi connectivity index (χ1v) is 9.76. The molecule has 1 amide bonds. The lowest BCUT2D eigenvalue weighted by Gasteiger charge is -2.10. The topological polar surface area (TPSA) is 66.0 Å². The number of amides is 1. The number of benzene rings is 3. The van der Waals surface area contributed by atoms with E-state index < -0.39 is 0 Å². The van der Waals surface area contributed by atoms with Gasteiger partial charge in [0, 0.05) is 11.6 Å². The average molecular weight is 405 g/mol. The highest BCUT2D eigenvalue weighted by molar-refractivity contribution is 5.94. The molecule has 1 N–H and O–H groups in total. The molecule has 0 unspecified atom stereocenters. The van der Waals surface area contributed by atoms with Crippen LogP contribution >= 0.6 is 0 Å². The number of fused-ring (bicyclic) bond motifs is 1. The van der Waals surface area contributed by atoms with E-state index >= 15 is 0 Å². The monoisotopic (exact) mass is 405 g/mol. The van der Waals surface area contributed by atoms with E-state index in [1.165, 1.54) is 5.56 Å². The molecule has 0 atom stereocenters. The molecule has 0 fully saturated rings. The van der Waals surface area contributed by atoms with Crippen LogP contribution in [0.25, 0.3) is 0 Å². The predicted octanol–water partition coefficient (Wildman–Crippen LogP) is 4.11. The van der Waals surface area contributed by atoms with Gasteiger partial charge >= 0.3 is 0 Å². The van der Waals surface area contributed by atoms with E-state index in [0.717, 1.165) is 5.56 Å². The molecule has 30 heavy (non-hydrogen) atoms. The van der Waals surface area contributed by atoms with Crippen LogP contribution in [-0.4, -0.2) is 25.9 Å². The molecule has 1 aliphatic rings. The van der Waals surface area contributed by atoms with Crippen LogP contribution < -0.4 is 24.3 Å². The Bertz CT molecular complexity index is 1030. The summed E-state index contributed by atoms with van der Waals surface area (Å²) in [5.41, 5.74) is 2.82. The molecule has 3 aromatic rings. The first kappa shape index (κ1) is 19.6. The normalized spacial score (nSPS) is 11.8. The van der Waals surface area contributed by atoms with Crippen molar-refractivity contribution < 1.29 is 23.7 Å². The Labute approximate surface area is 175 Å². The fraction of sp³-hybridized carbons (Fsp3) is 0.208. The lowest BCUT2D eigenvalue weighted by atomic mass is 10.1. The molecular weight excluding hydrogens is 382 g/mol. The number of carbonyl (C=O) groups is 1. The zero-order valence-corrected chi connectivity index (χ0v) is 16.7. The average Bonchev–Trinajstić information content (AvgIpc) is 3.23. The molecule has 0 aromatic heterocycles. The van der Waals surface area contributed by atoms with Crippen molar-refractivity contribution in [2.24, 2.45) is 0 Å². The Hall–Kier alpha value is -3.67. The van der Waals surface area contributed by atoms with Gasteiger partial charge in [0.1, 0.15) is 24.7 Å². The van der Waals surface area contributed by atoms with Gasteiger partial charge in [0.05, 0.1) is 6.54 Å². The lowest BCUT2D eigenvalue weighted by Crippen LogP contribution is -2.28. The zero-order valence-electron chi connectivity index (χ0n) is 16.7. The second-order valence-electron chi connectivity index (χ2n) is 6.92. The standard InChI is InChI=1S/C24H23NO5/c1-17-4-2-5-18(12-17)15-28-20-7-3-6-19(13-20)24(26)25-10-11-27-21-8-9-22-23(14-21)30-16-29-22/h2-9,12-14H,10-11,15-16H2,1H3,(H,25,26). The van der Waals surface area contributed by atoms with Crippen LogP contribution in [0, 0.1) is 6.92 Å². The molecule has 6 heteroatoms. The van der Waals surface area contributed by atoms with Crippen LogP contribution in [0.1, 0.15) is 21.5 Å². The van der Waals surface area contributed by atoms with E-state index in [1.807, 2.05) is 43.3 Å². The molecule has 1 aliphatic heterocycles. The van der Waals surface area contributed by atoms with Crippen molar-refractivity contribution in [1.29, 1.82) is 0 Å². The van der Waals surface area contributed by atoms with E-state index in [2.05, 4.69) is 11.4 Å². The fourth-order valence-corrected chi connectivity index (χ4v) is 3.10. The summed E-state index contributed by atoms with van der Waals surface area (Å²) in [6.07, 6.45) is 0. The second-order valence-corrected chi connectivity index (χ2v) is 6.92. The summed E-state index contributed by atoms with van der Waals surface area (Å²) in [5, 5.41) is 2.85. The van der Waals surface area contributed by atoms with Gasteiger partial charge < -0.3 is 24.3 Å². The summed E-state index contributed by atoms with van der Waals surface area (Å²) in [6, 6.07) is 20.7. The highest BCUT2D eigenvalue weighted by atomic mass is 16.7. The van der Waals surface area contributed by atoms with E-state index in [-0.39, 0.29) is 12.7 Å². The number of hydrogen-bond donors (Lipinski definition) is 1. The molecule has 4 rings (SSSR count). The molecule has 0 bridgehead atoms. The van der Waals surface area contributed by atoms with Crippen LogP contribution in [0.3, 0.4) is 0 Å². The number of rotatable bonds is 8. The third kappa shape index (κ3) is 5.03. The van der Waals surface area contributed by atoms with E-state index in [0.29, 0.717) is 48.3 Å². The molecule has 0 spiro atoms. The van der Waals surface area contributed by atoms with Crippen molar-refractivity contribution in [3.63, 3.8) is 0 Å². The number of aryl methyl sites for hydroxylation is 1. The van der Waals surface area contributed by atoms with Crippen molar-refractivity contribution in [3.05, 3.63) is 83.4 Å². The summed E-state index contributed by atoms with van der Waals surface area (Å²) >= 11 is 0. The van der Waals surface area contributed by atoms with Crippen molar-refractivity contribution in [1.82, 2.24) is 5.32 Å². The zero-order chi connectivity index (χ0) is 20.8. The summed E-state index contributed by atoms with van der Waals surface area (Å²) in [6.45, 7) is 3.44. The predicted molar refractivity (Wildman–Crippen MR) is 112 cm³/mol. The molecule has 6 nitrogen and oxygen atoms in total. The largest absolute Gasteiger partial charge is 0.492 e. The van der Waals surface area contributed by atoms with Crippen molar-refractivity contribution in [3.8, 4) is 23.0 Å². The third-order valence-corrected chi connectivity index (χ3v) is 4.58. The number of nitrogens with one attached hydrogen (secondary N) is 1. The molecule has 0 radical (unpaired) electrons. The van der Waals surface area contributed by atoms with E-state index in [1.54, 1.807) is 24.3 Å². The summed E-state index contributed by atoms with van der Waals surface area (Å²) in [5.74, 6) is 2.52. The van der Waals surface area contributed by atoms with Crippen molar-refractivity contribution >= 4 is 5.91 Å². The van der Waals surface area contributed by atoms with Gasteiger partial charge in [-0.15, -0.1) is 0 Å². The van der Waals surface area contributed by atoms with E-state index in [9.17, 15) is 4.79 Å². The molecule has 0 aliphatic carbocycles. The van der Waals surface area contributed by atoms with Crippen LogP contribution in [0.15, 0.2) is 66.7 Å². The van der Waals surface area contributed by atoms with Gasteiger partial charge in [0.25, 0.3) is 5.91 Å². The van der Waals surface area contributed by atoms with E-state index in [4.69, 9.17) is 18.9 Å². The SMILES string of the molecule is Cc1cccc(COc2cccc(C(=O)NCCOc3ccc4c(c3)OCO4)c2)c1. The maximum absolute atomic E-state index is 12.4. The van der Waals surface area contributed by atoms with Gasteiger partial charge in [-0.25, -0.2) is 0 Å². The molecule has 154 valence electrons. The Morgan fingerprint density at radius 1 is 0.933 bits per heavy atom. The minimum absolute atomic E-state index is 0.176. The first-order chi connectivity index (χ1) is 14.7. The minimum atomic E-state index is -0.176. The Balaban J connectivity index is 1.25. The summed E-state index contributed by atoms with van der Waals surface area (Å²) in [7, 11) is 0. The van der Waals surface area contributed by atoms with Crippen LogP contribution in [0.5, 0.6) is 23.0 Å². The molecule has 3 aromatic carbocycles. The second kappa shape index (κ2) is 9.22. The summed E-state index contributed by atoms with van der Waals surface area (Å²) < 4.78 is 22.1. The third-order valence-electron chi connectivity index (χ3n) is 4.58. The van der Waals surface area contributed by atoms with Crippen LogP contribution in [-0.2, 0) is 6.61 Å². The van der Waals surface area contributed by atoms with Crippen molar-refractivity contribution in [2.75, 3.05) is 19.9 Å². The van der Waals surface area contributed by atoms with Gasteiger partial charge in [-0.3, -0.25) is 4.79 Å². The van der Waals surface area contributed by atoms with Crippen LogP contribution in [0.2, 0.25) is 0 Å². The van der Waals surface area contributed by atoms with Crippen molar-refractivity contribution in [2.45, 2.75) is 13.5 Å². The maximum Gasteiger partial charge on any atom is 0.251 e. The first-order valence-electron chi connectivity index (χ1n) is 9.76. The quantitative estimate of drug-likeness (QED) is 0.572. The Morgan fingerprint density at radius 2 is 1.77 bits per heavy atom. The minimum Gasteiger partial charge on any atom is -0.492 e. The molecule has 0 saturated heterocycles. The van der Waals surface area contributed by atoms with Gasteiger partial charge in [-0.2, -0.15) is 0 Å². The number of ether oxygens (including phenoxy) is 4. The molecule has 0 saturated carbocycles. The molecular formula is C24H23NO5. The number of hydrogen-bond acceptors (Lipinski definition) is 5. The summed E-state index contributed by atoms with van der Waals surface area (Å²) in [4.78, 5) is 12.4. The van der Waals surface area contributed by atoms with Crippen LogP contribution in [0.4, 0.5) is 0 Å². The van der Waals surface area contributed by atoms with Gasteiger partial charge in [-0.05, 0) is 42.8 Å². The molecule has 1 heterocycles.